The summed E-state index contributed by atoms with van der Waals surface area (Å²) < 4.78 is 39.4. The maximum absolute atomic E-state index is 11.7. The minimum Gasteiger partial charge on any atom is -0.465 e. The maximum Gasteiger partial charge on any atom is 0.450 e. The fraction of sp³-hybridized carbons (Fsp3) is 0.667. The van der Waals surface area contributed by atoms with Crippen molar-refractivity contribution in [3.8, 4) is 0 Å². The summed E-state index contributed by atoms with van der Waals surface area (Å²) in [5.74, 6) is -4.72. The van der Waals surface area contributed by atoms with Crippen molar-refractivity contribution in [3.05, 3.63) is 0 Å². The van der Waals surface area contributed by atoms with Gasteiger partial charge in [-0.3, -0.25) is 9.59 Å². The molecule has 0 aromatic heterocycles. The van der Waals surface area contributed by atoms with Crippen LogP contribution in [0.5, 0.6) is 0 Å². The van der Waals surface area contributed by atoms with Crippen LogP contribution >= 0.6 is 0 Å². The lowest BCUT2D eigenvalue weighted by atomic mass is 10.0. The van der Waals surface area contributed by atoms with Crippen molar-refractivity contribution < 1.29 is 27.5 Å². The zero-order valence-corrected chi connectivity index (χ0v) is 5.85. The molecule has 1 fully saturated rings. The van der Waals surface area contributed by atoms with Crippen molar-refractivity contribution >= 4 is 11.8 Å². The molecule has 1 unspecified atom stereocenters. The van der Waals surface area contributed by atoms with Crippen molar-refractivity contribution in [1.82, 2.24) is 0 Å². The SMILES string of the molecule is O=C1OCCC1C(=O)C(F)(F)F. The van der Waals surface area contributed by atoms with Crippen LogP contribution in [0.25, 0.3) is 0 Å². The lowest BCUT2D eigenvalue weighted by Crippen LogP contribution is -2.32. The number of rotatable bonds is 1. The Labute approximate surface area is 65.5 Å². The second-order valence-electron chi connectivity index (χ2n) is 2.37. The van der Waals surface area contributed by atoms with Gasteiger partial charge in [0.1, 0.15) is 5.92 Å². The van der Waals surface area contributed by atoms with E-state index in [1.54, 1.807) is 0 Å². The van der Waals surface area contributed by atoms with Crippen LogP contribution in [0.4, 0.5) is 13.2 Å². The topological polar surface area (TPSA) is 43.4 Å². The van der Waals surface area contributed by atoms with E-state index < -0.39 is 23.8 Å². The number of carbonyl (C=O) groups excluding carboxylic acids is 2. The molecule has 0 aromatic carbocycles. The third kappa shape index (κ3) is 1.57. The molecule has 0 bridgehead atoms. The van der Waals surface area contributed by atoms with E-state index in [1.165, 1.54) is 0 Å². The first kappa shape index (κ1) is 9.02. The van der Waals surface area contributed by atoms with Gasteiger partial charge >= 0.3 is 12.1 Å². The van der Waals surface area contributed by atoms with E-state index in [1.807, 2.05) is 0 Å². The molecule has 0 radical (unpaired) electrons. The first-order valence-corrected chi connectivity index (χ1v) is 3.20. The molecule has 6 heteroatoms. The van der Waals surface area contributed by atoms with Gasteiger partial charge in [0.25, 0.3) is 5.78 Å². The van der Waals surface area contributed by atoms with Gasteiger partial charge in [-0.2, -0.15) is 13.2 Å². The van der Waals surface area contributed by atoms with Gasteiger partial charge in [0, 0.05) is 6.42 Å². The van der Waals surface area contributed by atoms with Crippen LogP contribution in [0.3, 0.4) is 0 Å². The predicted octanol–water partition coefficient (Wildman–Crippen LogP) is 0.681. The number of hydrogen-bond acceptors (Lipinski definition) is 3. The number of hydrogen-bond donors (Lipinski definition) is 0. The van der Waals surface area contributed by atoms with E-state index >= 15 is 0 Å². The van der Waals surface area contributed by atoms with Crippen molar-refractivity contribution in [3.63, 3.8) is 0 Å². The number of carbonyl (C=O) groups is 2. The standard InChI is InChI=1S/C6H5F3O3/c7-6(8,9)4(10)3-1-2-12-5(3)11/h3H,1-2H2. The quantitative estimate of drug-likeness (QED) is 0.442. The third-order valence-electron chi connectivity index (χ3n) is 1.53. The highest BCUT2D eigenvalue weighted by molar-refractivity contribution is 6.02. The number of Topliss-reactive ketones (excluding diaryl/α,β-unsaturated/α-hetero) is 1. The van der Waals surface area contributed by atoms with Crippen LogP contribution in [-0.2, 0) is 14.3 Å². The highest BCUT2D eigenvalue weighted by atomic mass is 19.4. The molecule has 1 aliphatic heterocycles. The second-order valence-corrected chi connectivity index (χ2v) is 2.37. The first-order valence-electron chi connectivity index (χ1n) is 3.20. The van der Waals surface area contributed by atoms with Crippen LogP contribution in [-0.4, -0.2) is 24.5 Å². The van der Waals surface area contributed by atoms with Gasteiger partial charge in [0.15, 0.2) is 0 Å². The molecule has 0 amide bonds. The van der Waals surface area contributed by atoms with Gasteiger partial charge < -0.3 is 4.74 Å². The van der Waals surface area contributed by atoms with Crippen LogP contribution < -0.4 is 0 Å². The molecule has 68 valence electrons. The number of cyclic esters (lactones) is 1. The monoisotopic (exact) mass is 182 g/mol. The van der Waals surface area contributed by atoms with Gasteiger partial charge in [-0.1, -0.05) is 0 Å². The average molecular weight is 182 g/mol. The molecule has 3 nitrogen and oxygen atoms in total. The highest BCUT2D eigenvalue weighted by Crippen LogP contribution is 2.26. The molecule has 1 atom stereocenters. The Hall–Kier alpha value is -1.07. The Morgan fingerprint density at radius 1 is 1.50 bits per heavy atom. The third-order valence-corrected chi connectivity index (χ3v) is 1.53. The largest absolute Gasteiger partial charge is 0.465 e. The molecule has 1 heterocycles. The minimum atomic E-state index is -4.94. The Morgan fingerprint density at radius 3 is 2.42 bits per heavy atom. The van der Waals surface area contributed by atoms with E-state index in [-0.39, 0.29) is 13.0 Å². The van der Waals surface area contributed by atoms with Crippen molar-refractivity contribution in [1.29, 1.82) is 0 Å². The Morgan fingerprint density at radius 2 is 2.08 bits per heavy atom. The van der Waals surface area contributed by atoms with E-state index in [2.05, 4.69) is 4.74 Å². The smallest absolute Gasteiger partial charge is 0.450 e. The first-order chi connectivity index (χ1) is 5.43. The fourth-order valence-corrected chi connectivity index (χ4v) is 0.932. The van der Waals surface area contributed by atoms with Crippen molar-refractivity contribution in [2.45, 2.75) is 12.6 Å². The van der Waals surface area contributed by atoms with E-state index in [4.69, 9.17) is 0 Å². The molecule has 0 N–H and O–H groups in total. The molecule has 0 aliphatic carbocycles. The molecule has 0 aromatic rings. The van der Waals surface area contributed by atoms with Gasteiger partial charge in [-0.25, -0.2) is 0 Å². The van der Waals surface area contributed by atoms with Crippen molar-refractivity contribution in [2.75, 3.05) is 6.61 Å². The summed E-state index contributed by atoms with van der Waals surface area (Å²) in [5, 5.41) is 0. The number of ether oxygens (including phenoxy) is 1. The van der Waals surface area contributed by atoms with Crippen molar-refractivity contribution in [2.24, 2.45) is 5.92 Å². The zero-order valence-electron chi connectivity index (χ0n) is 5.85. The second kappa shape index (κ2) is 2.76. The summed E-state index contributed by atoms with van der Waals surface area (Å²) in [6.45, 7) is -0.106. The lowest BCUT2D eigenvalue weighted by Gasteiger charge is -2.06. The minimum absolute atomic E-state index is 0.106. The van der Waals surface area contributed by atoms with Gasteiger partial charge in [0.05, 0.1) is 6.61 Å². The number of esters is 1. The highest BCUT2D eigenvalue weighted by Gasteiger charge is 2.48. The van der Waals surface area contributed by atoms with Crippen LogP contribution in [0.15, 0.2) is 0 Å². The summed E-state index contributed by atoms with van der Waals surface area (Å²) in [6.07, 6.45) is -5.11. The zero-order chi connectivity index (χ0) is 9.35. The van der Waals surface area contributed by atoms with E-state index in [9.17, 15) is 22.8 Å². The normalized spacial score (nSPS) is 23.9. The molecule has 1 rings (SSSR count). The number of alkyl halides is 3. The Bertz CT molecular complexity index is 221. The molecule has 12 heavy (non-hydrogen) atoms. The van der Waals surface area contributed by atoms with Gasteiger partial charge in [-0.05, 0) is 0 Å². The number of ketones is 1. The van der Waals surface area contributed by atoms with Gasteiger partial charge in [-0.15, -0.1) is 0 Å². The van der Waals surface area contributed by atoms with Crippen LogP contribution in [0.2, 0.25) is 0 Å². The Balaban J connectivity index is 2.71. The average Bonchev–Trinajstić information content (AvgIpc) is 2.31. The molecule has 0 saturated carbocycles. The van der Waals surface area contributed by atoms with Crippen LogP contribution in [0.1, 0.15) is 6.42 Å². The Kier molecular flexibility index (Phi) is 2.08. The number of halogens is 3. The summed E-state index contributed by atoms with van der Waals surface area (Å²) in [6, 6.07) is 0. The van der Waals surface area contributed by atoms with E-state index in [0.717, 1.165) is 0 Å². The molecule has 1 saturated heterocycles. The molecular formula is C6H5F3O3. The molecule has 1 aliphatic rings. The summed E-state index contributed by atoms with van der Waals surface area (Å²) in [7, 11) is 0. The summed E-state index contributed by atoms with van der Waals surface area (Å²) >= 11 is 0. The predicted molar refractivity (Wildman–Crippen MR) is 30.1 cm³/mol. The molecule has 0 spiro atoms. The van der Waals surface area contributed by atoms with E-state index in [0.29, 0.717) is 0 Å². The lowest BCUT2D eigenvalue weighted by molar-refractivity contribution is -0.177. The summed E-state index contributed by atoms with van der Waals surface area (Å²) in [4.78, 5) is 21.0. The van der Waals surface area contributed by atoms with Gasteiger partial charge in [0.2, 0.25) is 0 Å². The summed E-state index contributed by atoms with van der Waals surface area (Å²) in [5.41, 5.74) is 0. The maximum atomic E-state index is 11.7. The van der Waals surface area contributed by atoms with Crippen LogP contribution in [0, 0.1) is 5.92 Å². The fourth-order valence-electron chi connectivity index (χ4n) is 0.932. The molecular weight excluding hydrogens is 177 g/mol.